The second kappa shape index (κ2) is 4.15. The molecule has 0 aromatic carbocycles. The first-order valence-corrected chi connectivity index (χ1v) is 6.44. The minimum atomic E-state index is -6.81. The second-order valence-electron chi connectivity index (χ2n) is 5.96. The fourth-order valence-corrected chi connectivity index (χ4v) is 3.73. The predicted molar refractivity (Wildman–Crippen MR) is 53.5 cm³/mol. The van der Waals surface area contributed by atoms with E-state index in [1.165, 1.54) is 12.2 Å². The van der Waals surface area contributed by atoms with Crippen molar-refractivity contribution in [3.8, 4) is 0 Å². The maximum Gasteiger partial charge on any atom is 0.462 e. The van der Waals surface area contributed by atoms with Gasteiger partial charge in [-0.15, -0.1) is 0 Å². The third-order valence-corrected chi connectivity index (χ3v) is 4.76. The van der Waals surface area contributed by atoms with Crippen LogP contribution in [0.5, 0.6) is 0 Å². The van der Waals surface area contributed by atoms with Gasteiger partial charge < -0.3 is 0 Å². The molecule has 0 saturated heterocycles. The molecule has 0 radical (unpaired) electrons. The molecule has 2 saturated carbocycles. The van der Waals surface area contributed by atoms with E-state index in [0.717, 1.165) is 0 Å². The quantitative estimate of drug-likeness (QED) is 0.532. The molecular formula is C12H8F10O. The fourth-order valence-electron chi connectivity index (χ4n) is 3.73. The van der Waals surface area contributed by atoms with Crippen LogP contribution in [0.15, 0.2) is 12.2 Å². The molecule has 0 aromatic heterocycles. The minimum absolute atomic E-state index is 0.0127. The molecule has 0 spiro atoms. The van der Waals surface area contributed by atoms with Crippen LogP contribution in [-0.4, -0.2) is 30.0 Å². The van der Waals surface area contributed by atoms with Crippen LogP contribution in [-0.2, 0) is 4.74 Å². The van der Waals surface area contributed by atoms with Crippen LogP contribution in [0.25, 0.3) is 0 Å². The van der Waals surface area contributed by atoms with Crippen molar-refractivity contribution >= 4 is 0 Å². The van der Waals surface area contributed by atoms with Crippen LogP contribution in [0.3, 0.4) is 0 Å². The normalized spacial score (nSPS) is 41.8. The Balaban J connectivity index is 1.92. The summed E-state index contributed by atoms with van der Waals surface area (Å²) in [6, 6.07) is 0. The molecule has 1 nitrogen and oxygen atoms in total. The second-order valence-corrected chi connectivity index (χ2v) is 5.96. The number of ether oxygens (including phenoxy) is 1. The van der Waals surface area contributed by atoms with Gasteiger partial charge in [-0.2, -0.15) is 39.5 Å². The maximum absolute atomic E-state index is 14.3. The molecule has 132 valence electrons. The first kappa shape index (κ1) is 16.8. The average molecular weight is 358 g/mol. The predicted octanol–water partition coefficient (Wildman–Crippen LogP) is 4.55. The highest BCUT2D eigenvalue weighted by atomic mass is 19.4. The summed E-state index contributed by atoms with van der Waals surface area (Å²) in [7, 11) is 0. The lowest BCUT2D eigenvalue weighted by atomic mass is 9.60. The topological polar surface area (TPSA) is 9.23 Å². The Bertz CT molecular complexity index is 553. The van der Waals surface area contributed by atoms with Crippen LogP contribution in [0, 0.1) is 23.7 Å². The highest BCUT2D eigenvalue weighted by molar-refractivity contribution is 5.28. The Labute approximate surface area is 122 Å². The molecule has 5 unspecified atom stereocenters. The Hall–Kier alpha value is -1.00. The zero-order chi connectivity index (χ0) is 17.6. The summed E-state index contributed by atoms with van der Waals surface area (Å²) in [5.74, 6) is -21.4. The molecule has 3 aliphatic carbocycles. The lowest BCUT2D eigenvalue weighted by molar-refractivity contribution is -0.511. The molecule has 11 heteroatoms. The van der Waals surface area contributed by atoms with Gasteiger partial charge in [-0.1, -0.05) is 12.2 Å². The zero-order valence-electron chi connectivity index (χ0n) is 10.9. The van der Waals surface area contributed by atoms with Gasteiger partial charge >= 0.3 is 24.1 Å². The van der Waals surface area contributed by atoms with E-state index in [0.29, 0.717) is 0 Å². The molecular weight excluding hydrogens is 350 g/mol. The molecule has 3 rings (SSSR count). The van der Waals surface area contributed by atoms with Crippen LogP contribution in [0.4, 0.5) is 43.9 Å². The lowest BCUT2D eigenvalue weighted by Crippen LogP contribution is -2.74. The number of fused-ring (bicyclic) bond motifs is 5. The number of alkyl halides is 10. The summed E-state index contributed by atoms with van der Waals surface area (Å²) in [4.78, 5) is 0. The van der Waals surface area contributed by atoms with Crippen molar-refractivity contribution in [2.24, 2.45) is 23.7 Å². The fraction of sp³-hybridized carbons (Fsp3) is 0.833. The molecule has 0 aliphatic heterocycles. The monoisotopic (exact) mass is 358 g/mol. The summed E-state index contributed by atoms with van der Waals surface area (Å²) >= 11 is 0. The van der Waals surface area contributed by atoms with Crippen LogP contribution in [0.2, 0.25) is 0 Å². The number of halogens is 10. The third kappa shape index (κ3) is 1.79. The Morgan fingerprint density at radius 3 is 1.78 bits per heavy atom. The van der Waals surface area contributed by atoms with Crippen molar-refractivity contribution < 1.29 is 48.6 Å². The van der Waals surface area contributed by atoms with Gasteiger partial charge in [0.15, 0.2) is 0 Å². The van der Waals surface area contributed by atoms with Crippen molar-refractivity contribution in [1.29, 1.82) is 0 Å². The van der Waals surface area contributed by atoms with Crippen LogP contribution < -0.4 is 0 Å². The molecule has 2 bridgehead atoms. The summed E-state index contributed by atoms with van der Waals surface area (Å²) in [5.41, 5.74) is 0. The summed E-state index contributed by atoms with van der Waals surface area (Å²) in [6.45, 7) is 0. The largest absolute Gasteiger partial charge is 0.462 e. The molecule has 23 heavy (non-hydrogen) atoms. The van der Waals surface area contributed by atoms with E-state index >= 15 is 0 Å². The van der Waals surface area contributed by atoms with Gasteiger partial charge in [0, 0.05) is 11.8 Å². The van der Waals surface area contributed by atoms with Crippen molar-refractivity contribution in [1.82, 2.24) is 0 Å². The SMILES string of the molecule is FC(F)(F)C(F)(F)C(F)(F)OC1(F)C2C3C=CC(C3)C2C1(F)F. The van der Waals surface area contributed by atoms with E-state index in [9.17, 15) is 43.9 Å². The van der Waals surface area contributed by atoms with Gasteiger partial charge in [0.25, 0.3) is 5.85 Å². The smallest absolute Gasteiger partial charge is 0.271 e. The number of allylic oxidation sites excluding steroid dienone is 2. The average Bonchev–Trinajstić information content (AvgIpc) is 2.95. The van der Waals surface area contributed by atoms with E-state index in [4.69, 9.17) is 0 Å². The van der Waals surface area contributed by atoms with E-state index in [1.807, 2.05) is 0 Å². The summed E-state index contributed by atoms with van der Waals surface area (Å²) in [6.07, 6.45) is -10.7. The number of hydrogen-bond donors (Lipinski definition) is 0. The molecule has 5 atom stereocenters. The molecule has 0 aromatic rings. The lowest BCUT2D eigenvalue weighted by Gasteiger charge is -2.56. The van der Waals surface area contributed by atoms with Crippen LogP contribution >= 0.6 is 0 Å². The molecule has 3 aliphatic rings. The van der Waals surface area contributed by atoms with Crippen molar-refractivity contribution in [3.05, 3.63) is 12.2 Å². The maximum atomic E-state index is 14.3. The van der Waals surface area contributed by atoms with Gasteiger partial charge in [-0.3, -0.25) is 4.74 Å². The highest BCUT2D eigenvalue weighted by Gasteiger charge is 2.87. The van der Waals surface area contributed by atoms with E-state index < -0.39 is 53.7 Å². The Kier molecular flexibility index (Phi) is 3.04. The first-order valence-electron chi connectivity index (χ1n) is 6.44. The molecule has 0 heterocycles. The zero-order valence-corrected chi connectivity index (χ0v) is 10.9. The van der Waals surface area contributed by atoms with Crippen molar-refractivity contribution in [2.75, 3.05) is 0 Å². The number of hydrogen-bond acceptors (Lipinski definition) is 1. The highest BCUT2D eigenvalue weighted by Crippen LogP contribution is 2.72. The van der Waals surface area contributed by atoms with Crippen molar-refractivity contribution in [3.63, 3.8) is 0 Å². The van der Waals surface area contributed by atoms with E-state index in [2.05, 4.69) is 4.74 Å². The summed E-state index contributed by atoms with van der Waals surface area (Å²) in [5, 5.41) is 0. The molecule has 2 fully saturated rings. The van der Waals surface area contributed by atoms with E-state index in [1.54, 1.807) is 0 Å². The van der Waals surface area contributed by atoms with Crippen LogP contribution in [0.1, 0.15) is 6.42 Å². The minimum Gasteiger partial charge on any atom is -0.271 e. The van der Waals surface area contributed by atoms with Gasteiger partial charge in [-0.25, -0.2) is 4.39 Å². The van der Waals surface area contributed by atoms with Crippen molar-refractivity contribution in [2.45, 2.75) is 36.4 Å². The Morgan fingerprint density at radius 1 is 0.826 bits per heavy atom. The molecule has 0 N–H and O–H groups in total. The van der Waals surface area contributed by atoms with E-state index in [-0.39, 0.29) is 6.42 Å². The Morgan fingerprint density at radius 2 is 1.30 bits per heavy atom. The first-order chi connectivity index (χ1) is 10.2. The standard InChI is InChI=1S/C12H8F10O/c13-8(14)6-4-1-2-5(3-4)7(6)9(8,15)23-12(21,22)10(16,17)11(18,19)20/h1-2,4-7H,3H2. The number of rotatable bonds is 3. The van der Waals surface area contributed by atoms with Gasteiger partial charge in [-0.05, 0) is 18.3 Å². The van der Waals surface area contributed by atoms with Gasteiger partial charge in [0.05, 0.1) is 0 Å². The van der Waals surface area contributed by atoms with Gasteiger partial charge in [0.1, 0.15) is 0 Å². The third-order valence-electron chi connectivity index (χ3n) is 4.76. The molecule has 0 amide bonds. The summed E-state index contributed by atoms with van der Waals surface area (Å²) < 4.78 is 133. The van der Waals surface area contributed by atoms with Gasteiger partial charge in [0.2, 0.25) is 0 Å².